The van der Waals surface area contributed by atoms with Gasteiger partial charge in [-0.3, -0.25) is 0 Å². The molecule has 0 fully saturated rings. The van der Waals surface area contributed by atoms with E-state index in [0.29, 0.717) is 11.9 Å². The van der Waals surface area contributed by atoms with E-state index in [4.69, 9.17) is 0 Å². The van der Waals surface area contributed by atoms with Crippen LogP contribution >= 0.6 is 0 Å². The van der Waals surface area contributed by atoms with Gasteiger partial charge in [0.1, 0.15) is 11.6 Å². The maximum absolute atomic E-state index is 13.2. The zero-order valence-electron chi connectivity index (χ0n) is 9.79. The van der Waals surface area contributed by atoms with Crippen molar-refractivity contribution in [2.75, 3.05) is 12.4 Å². The number of alkyl halides is 3. The molecule has 0 aliphatic rings. The van der Waals surface area contributed by atoms with Crippen LogP contribution in [0.25, 0.3) is 11.4 Å². The molecule has 1 N–H and O–H groups in total. The second-order valence-electron chi connectivity index (χ2n) is 3.70. The van der Waals surface area contributed by atoms with Crippen molar-refractivity contribution in [3.8, 4) is 11.4 Å². The number of aromatic nitrogens is 2. The molecule has 0 radical (unpaired) electrons. The lowest BCUT2D eigenvalue weighted by Gasteiger charge is -2.12. The fourth-order valence-electron chi connectivity index (χ4n) is 1.58. The van der Waals surface area contributed by atoms with Crippen LogP contribution in [0.1, 0.15) is 5.56 Å². The second-order valence-corrected chi connectivity index (χ2v) is 3.70. The maximum atomic E-state index is 13.2. The predicted octanol–water partition coefficient (Wildman–Crippen LogP) is 3.34. The van der Waals surface area contributed by atoms with Gasteiger partial charge in [-0.1, -0.05) is 0 Å². The van der Waals surface area contributed by atoms with Crippen molar-refractivity contribution in [1.29, 1.82) is 0 Å². The Morgan fingerprint density at radius 3 is 2.53 bits per heavy atom. The van der Waals surface area contributed by atoms with E-state index in [1.54, 1.807) is 7.05 Å². The molecule has 1 aromatic carbocycles. The summed E-state index contributed by atoms with van der Waals surface area (Å²) in [6.45, 7) is 0. The van der Waals surface area contributed by atoms with Crippen LogP contribution in [-0.4, -0.2) is 17.0 Å². The van der Waals surface area contributed by atoms with E-state index in [-0.39, 0.29) is 11.4 Å². The number of benzene rings is 1. The molecule has 2 aromatic rings. The molecule has 100 valence electrons. The average molecular weight is 271 g/mol. The molecule has 0 unspecified atom stereocenters. The first-order valence-corrected chi connectivity index (χ1v) is 5.29. The molecule has 0 aliphatic heterocycles. The Bertz CT molecular complexity index is 596. The summed E-state index contributed by atoms with van der Waals surface area (Å²) in [5.74, 6) is -0.609. The van der Waals surface area contributed by atoms with Crippen molar-refractivity contribution in [1.82, 2.24) is 9.97 Å². The largest absolute Gasteiger partial charge is 0.417 e. The van der Waals surface area contributed by atoms with E-state index >= 15 is 0 Å². The minimum atomic E-state index is -4.60. The smallest absolute Gasteiger partial charge is 0.373 e. The molecule has 0 saturated heterocycles. The average Bonchev–Trinajstić information content (AvgIpc) is 2.37. The fourth-order valence-corrected chi connectivity index (χ4v) is 1.58. The topological polar surface area (TPSA) is 37.8 Å². The molecule has 1 heterocycles. The molecular weight excluding hydrogens is 262 g/mol. The van der Waals surface area contributed by atoms with Crippen LogP contribution in [0, 0.1) is 5.82 Å². The lowest BCUT2D eigenvalue weighted by Crippen LogP contribution is -2.09. The standard InChI is InChI=1S/C12H9F4N3/c1-17-10-4-5-18-11(19-10)8-6-7(13)2-3-9(8)12(14,15)16/h2-6H,1H3,(H,17,18,19). The third kappa shape index (κ3) is 2.81. The number of hydrogen-bond acceptors (Lipinski definition) is 3. The summed E-state index contributed by atoms with van der Waals surface area (Å²) in [5.41, 5.74) is -1.35. The molecule has 1 aromatic heterocycles. The van der Waals surface area contributed by atoms with E-state index in [9.17, 15) is 17.6 Å². The van der Waals surface area contributed by atoms with Gasteiger partial charge < -0.3 is 5.32 Å². The Balaban J connectivity index is 2.63. The molecular formula is C12H9F4N3. The Kier molecular flexibility index (Phi) is 3.37. The second kappa shape index (κ2) is 4.83. The molecule has 0 bridgehead atoms. The Morgan fingerprint density at radius 1 is 1.16 bits per heavy atom. The lowest BCUT2D eigenvalue weighted by molar-refractivity contribution is -0.137. The first-order valence-electron chi connectivity index (χ1n) is 5.29. The number of nitrogens with zero attached hydrogens (tertiary/aromatic N) is 2. The van der Waals surface area contributed by atoms with Crippen molar-refractivity contribution in [2.24, 2.45) is 0 Å². The van der Waals surface area contributed by atoms with Gasteiger partial charge in [0.05, 0.1) is 5.56 Å². The Labute approximate surface area is 106 Å². The number of nitrogens with one attached hydrogen (secondary N) is 1. The van der Waals surface area contributed by atoms with E-state index < -0.39 is 17.6 Å². The van der Waals surface area contributed by atoms with Crippen molar-refractivity contribution in [2.45, 2.75) is 6.18 Å². The summed E-state index contributed by atoms with van der Waals surface area (Å²) in [5, 5.41) is 2.68. The van der Waals surface area contributed by atoms with Crippen LogP contribution in [-0.2, 0) is 6.18 Å². The molecule has 0 saturated carbocycles. The van der Waals surface area contributed by atoms with Gasteiger partial charge in [0.25, 0.3) is 0 Å². The van der Waals surface area contributed by atoms with Gasteiger partial charge in [0, 0.05) is 18.8 Å². The van der Waals surface area contributed by atoms with Crippen molar-refractivity contribution in [3.05, 3.63) is 41.8 Å². The van der Waals surface area contributed by atoms with Crippen molar-refractivity contribution >= 4 is 5.82 Å². The van der Waals surface area contributed by atoms with Gasteiger partial charge in [0.2, 0.25) is 0 Å². The van der Waals surface area contributed by atoms with Crippen LogP contribution < -0.4 is 5.32 Å². The van der Waals surface area contributed by atoms with E-state index in [2.05, 4.69) is 15.3 Å². The van der Waals surface area contributed by atoms with E-state index in [1.807, 2.05) is 0 Å². The minimum Gasteiger partial charge on any atom is -0.373 e. The highest BCUT2D eigenvalue weighted by Crippen LogP contribution is 2.36. The zero-order chi connectivity index (χ0) is 14.0. The molecule has 7 heteroatoms. The van der Waals surface area contributed by atoms with Crippen molar-refractivity contribution in [3.63, 3.8) is 0 Å². The molecule has 2 rings (SSSR count). The highest BCUT2D eigenvalue weighted by molar-refractivity contribution is 5.62. The van der Waals surface area contributed by atoms with Crippen LogP contribution in [0.4, 0.5) is 23.4 Å². The van der Waals surface area contributed by atoms with Gasteiger partial charge in [-0.15, -0.1) is 0 Å². The van der Waals surface area contributed by atoms with Gasteiger partial charge in [-0.25, -0.2) is 14.4 Å². The maximum Gasteiger partial charge on any atom is 0.417 e. The van der Waals surface area contributed by atoms with Gasteiger partial charge in [-0.05, 0) is 24.3 Å². The van der Waals surface area contributed by atoms with E-state index in [1.165, 1.54) is 12.3 Å². The summed E-state index contributed by atoms with van der Waals surface area (Å²) in [6, 6.07) is 3.71. The number of halogens is 4. The summed E-state index contributed by atoms with van der Waals surface area (Å²) >= 11 is 0. The first-order chi connectivity index (χ1) is 8.91. The van der Waals surface area contributed by atoms with Crippen LogP contribution in [0.5, 0.6) is 0 Å². The quantitative estimate of drug-likeness (QED) is 0.851. The molecule has 0 amide bonds. The SMILES string of the molecule is CNc1ccnc(-c2cc(F)ccc2C(F)(F)F)n1. The third-order valence-corrected chi connectivity index (χ3v) is 2.44. The van der Waals surface area contributed by atoms with Crippen LogP contribution in [0.3, 0.4) is 0 Å². The summed E-state index contributed by atoms with van der Waals surface area (Å²) in [4.78, 5) is 7.64. The first kappa shape index (κ1) is 13.3. The van der Waals surface area contributed by atoms with E-state index in [0.717, 1.165) is 12.1 Å². The van der Waals surface area contributed by atoms with Crippen LogP contribution in [0.15, 0.2) is 30.5 Å². The highest BCUT2D eigenvalue weighted by atomic mass is 19.4. The van der Waals surface area contributed by atoms with Crippen LogP contribution in [0.2, 0.25) is 0 Å². The Hall–Kier alpha value is -2.18. The van der Waals surface area contributed by atoms with Gasteiger partial charge in [-0.2, -0.15) is 13.2 Å². The molecule has 0 aliphatic carbocycles. The molecule has 0 spiro atoms. The normalized spacial score (nSPS) is 11.4. The number of hydrogen-bond donors (Lipinski definition) is 1. The van der Waals surface area contributed by atoms with Gasteiger partial charge in [0.15, 0.2) is 5.82 Å². The van der Waals surface area contributed by atoms with Crippen molar-refractivity contribution < 1.29 is 17.6 Å². The number of anilines is 1. The summed E-state index contributed by atoms with van der Waals surface area (Å²) < 4.78 is 51.7. The molecule has 3 nitrogen and oxygen atoms in total. The summed E-state index contributed by atoms with van der Waals surface area (Å²) in [7, 11) is 1.57. The van der Waals surface area contributed by atoms with Gasteiger partial charge >= 0.3 is 6.18 Å². The third-order valence-electron chi connectivity index (χ3n) is 2.44. The zero-order valence-corrected chi connectivity index (χ0v) is 9.79. The molecule has 0 atom stereocenters. The monoisotopic (exact) mass is 271 g/mol. The predicted molar refractivity (Wildman–Crippen MR) is 62.0 cm³/mol. The highest BCUT2D eigenvalue weighted by Gasteiger charge is 2.34. The minimum absolute atomic E-state index is 0.182. The Morgan fingerprint density at radius 2 is 1.89 bits per heavy atom. The number of rotatable bonds is 2. The lowest BCUT2D eigenvalue weighted by atomic mass is 10.1. The molecule has 19 heavy (non-hydrogen) atoms. The fraction of sp³-hybridized carbons (Fsp3) is 0.167. The summed E-state index contributed by atoms with van der Waals surface area (Å²) in [6.07, 6.45) is -3.29.